The lowest BCUT2D eigenvalue weighted by atomic mass is 9.45. The molecule has 0 bridgehead atoms. The lowest BCUT2D eigenvalue weighted by Gasteiger charge is -2.59. The molecule has 4 aliphatic rings. The van der Waals surface area contributed by atoms with Crippen LogP contribution in [0.2, 0.25) is 0 Å². The van der Waals surface area contributed by atoms with Crippen LogP contribution in [-0.4, -0.2) is 5.78 Å². The van der Waals surface area contributed by atoms with Gasteiger partial charge < -0.3 is 0 Å². The van der Waals surface area contributed by atoms with Gasteiger partial charge in [0.05, 0.1) is 0 Å². The minimum atomic E-state index is 0.291. The Morgan fingerprint density at radius 2 is 1.79 bits per heavy atom. The summed E-state index contributed by atoms with van der Waals surface area (Å²) in [5.41, 5.74) is 0.870. The molecular formula is C27H44O. The van der Waals surface area contributed by atoms with Gasteiger partial charge in [-0.3, -0.25) is 4.79 Å². The summed E-state index contributed by atoms with van der Waals surface area (Å²) in [7, 11) is 0. The van der Waals surface area contributed by atoms with Crippen LogP contribution in [0.3, 0.4) is 0 Å². The van der Waals surface area contributed by atoms with Gasteiger partial charge in [-0.1, -0.05) is 60.0 Å². The molecule has 0 radical (unpaired) electrons. The van der Waals surface area contributed by atoms with Gasteiger partial charge >= 0.3 is 0 Å². The Kier molecular flexibility index (Phi) is 5.60. The minimum Gasteiger partial charge on any atom is -0.295 e. The Balaban J connectivity index is 1.49. The van der Waals surface area contributed by atoms with Gasteiger partial charge in [0.2, 0.25) is 0 Å². The zero-order chi connectivity index (χ0) is 20.1. The van der Waals surface area contributed by atoms with Crippen molar-refractivity contribution in [3.8, 4) is 0 Å². The quantitative estimate of drug-likeness (QED) is 0.481. The lowest BCUT2D eigenvalue weighted by Crippen LogP contribution is -2.52. The summed E-state index contributed by atoms with van der Waals surface area (Å²) in [4.78, 5) is 12.0. The maximum absolute atomic E-state index is 12.0. The molecule has 0 aromatic carbocycles. The van der Waals surface area contributed by atoms with Crippen molar-refractivity contribution in [3.63, 3.8) is 0 Å². The first-order valence-corrected chi connectivity index (χ1v) is 12.5. The highest BCUT2D eigenvalue weighted by molar-refractivity contribution is 5.91. The molecule has 0 aliphatic heterocycles. The fourth-order valence-corrected chi connectivity index (χ4v) is 8.66. The number of rotatable bonds is 5. The van der Waals surface area contributed by atoms with Crippen molar-refractivity contribution in [2.45, 2.75) is 98.8 Å². The summed E-state index contributed by atoms with van der Waals surface area (Å²) in [5.74, 6) is 6.34. The van der Waals surface area contributed by atoms with Crippen LogP contribution in [0, 0.1) is 52.3 Å². The predicted molar refractivity (Wildman–Crippen MR) is 118 cm³/mol. The van der Waals surface area contributed by atoms with Crippen molar-refractivity contribution in [2.75, 3.05) is 0 Å². The monoisotopic (exact) mass is 384 g/mol. The molecule has 1 nitrogen and oxygen atoms in total. The van der Waals surface area contributed by atoms with Gasteiger partial charge in [-0.05, 0) is 96.9 Å². The third-order valence-electron chi connectivity index (χ3n) is 10.2. The molecule has 0 N–H and O–H groups in total. The smallest absolute Gasteiger partial charge is 0.155 e. The molecule has 0 unspecified atom stereocenters. The van der Waals surface area contributed by atoms with Crippen LogP contribution in [-0.2, 0) is 4.79 Å². The SMILES string of the molecule is CC(C)CCC[C@@H](C)[C@@H]1CC[C@@H]2[C@@H]3CC[C@H]4CC(=O)C=C[C@]4(C)[C@@H]3CC[C@]21C. The van der Waals surface area contributed by atoms with Crippen LogP contribution in [0.1, 0.15) is 98.8 Å². The number of carbonyl (C=O) groups excluding carboxylic acids is 1. The third kappa shape index (κ3) is 3.33. The minimum absolute atomic E-state index is 0.291. The van der Waals surface area contributed by atoms with E-state index in [1.807, 2.05) is 6.08 Å². The zero-order valence-electron chi connectivity index (χ0n) is 19.2. The van der Waals surface area contributed by atoms with Gasteiger partial charge in [-0.15, -0.1) is 0 Å². The number of hydrogen-bond donors (Lipinski definition) is 0. The van der Waals surface area contributed by atoms with Gasteiger partial charge in [0, 0.05) is 6.42 Å². The molecule has 4 aliphatic carbocycles. The second-order valence-electron chi connectivity index (χ2n) is 12.1. The summed E-state index contributed by atoms with van der Waals surface area (Å²) in [6, 6.07) is 0. The van der Waals surface area contributed by atoms with Gasteiger partial charge in [0.15, 0.2) is 5.78 Å². The van der Waals surface area contributed by atoms with Crippen LogP contribution in [0.4, 0.5) is 0 Å². The summed E-state index contributed by atoms with van der Waals surface area (Å²) in [6.45, 7) is 12.5. The highest BCUT2D eigenvalue weighted by atomic mass is 16.1. The maximum Gasteiger partial charge on any atom is 0.155 e. The molecule has 4 rings (SSSR count). The van der Waals surface area contributed by atoms with Crippen LogP contribution in [0.15, 0.2) is 12.2 Å². The van der Waals surface area contributed by atoms with E-state index >= 15 is 0 Å². The van der Waals surface area contributed by atoms with E-state index < -0.39 is 0 Å². The van der Waals surface area contributed by atoms with Crippen molar-refractivity contribution in [1.82, 2.24) is 0 Å². The molecule has 0 spiro atoms. The highest BCUT2D eigenvalue weighted by Crippen LogP contribution is 2.67. The van der Waals surface area contributed by atoms with Gasteiger partial charge in [0.25, 0.3) is 0 Å². The molecular weight excluding hydrogens is 340 g/mol. The summed E-state index contributed by atoms with van der Waals surface area (Å²) in [6.07, 6.45) is 17.8. The summed E-state index contributed by atoms with van der Waals surface area (Å²) < 4.78 is 0. The van der Waals surface area contributed by atoms with E-state index in [2.05, 4.69) is 40.7 Å². The van der Waals surface area contributed by atoms with Gasteiger partial charge in [-0.2, -0.15) is 0 Å². The Morgan fingerprint density at radius 1 is 1.00 bits per heavy atom. The molecule has 28 heavy (non-hydrogen) atoms. The summed E-state index contributed by atoms with van der Waals surface area (Å²) in [5, 5.41) is 0. The second-order valence-corrected chi connectivity index (χ2v) is 12.1. The average molecular weight is 385 g/mol. The Bertz CT molecular complexity index is 618. The molecule has 0 aromatic heterocycles. The zero-order valence-corrected chi connectivity index (χ0v) is 19.2. The van der Waals surface area contributed by atoms with E-state index in [0.29, 0.717) is 22.5 Å². The van der Waals surface area contributed by atoms with Crippen molar-refractivity contribution in [1.29, 1.82) is 0 Å². The van der Waals surface area contributed by atoms with E-state index in [4.69, 9.17) is 0 Å². The largest absolute Gasteiger partial charge is 0.295 e. The standard InChI is InChI=1S/C27H44O/c1-18(2)7-6-8-19(3)23-11-12-24-22-10-9-20-17-21(28)13-15-26(20,4)25(22)14-16-27(23,24)5/h13,15,18-20,22-25H,6-12,14,16-17H2,1-5H3/t19-,20+,22+,23+,24-,25-,26+,27+/m1/s1. The molecule has 0 amide bonds. The summed E-state index contributed by atoms with van der Waals surface area (Å²) >= 11 is 0. The fourth-order valence-electron chi connectivity index (χ4n) is 8.66. The Labute approximate surface area is 174 Å². The number of carbonyl (C=O) groups is 1. The Hall–Kier alpha value is -0.590. The van der Waals surface area contributed by atoms with Crippen LogP contribution in [0.5, 0.6) is 0 Å². The van der Waals surface area contributed by atoms with Crippen LogP contribution >= 0.6 is 0 Å². The topological polar surface area (TPSA) is 17.1 Å². The van der Waals surface area contributed by atoms with Gasteiger partial charge in [0.1, 0.15) is 0 Å². The van der Waals surface area contributed by atoms with Crippen LogP contribution < -0.4 is 0 Å². The third-order valence-corrected chi connectivity index (χ3v) is 10.2. The maximum atomic E-state index is 12.0. The van der Waals surface area contributed by atoms with Crippen molar-refractivity contribution < 1.29 is 4.79 Å². The normalized spacial score (nSPS) is 46.2. The van der Waals surface area contributed by atoms with Crippen LogP contribution in [0.25, 0.3) is 0 Å². The van der Waals surface area contributed by atoms with Crippen molar-refractivity contribution >= 4 is 5.78 Å². The average Bonchev–Trinajstić information content (AvgIpc) is 2.99. The number of allylic oxidation sites excluding steroid dienone is 2. The van der Waals surface area contributed by atoms with Gasteiger partial charge in [-0.25, -0.2) is 0 Å². The highest BCUT2D eigenvalue weighted by Gasteiger charge is 2.59. The molecule has 3 saturated carbocycles. The van der Waals surface area contributed by atoms with E-state index in [1.165, 1.54) is 57.8 Å². The second kappa shape index (κ2) is 7.59. The molecule has 0 aromatic rings. The molecule has 1 heteroatoms. The van der Waals surface area contributed by atoms with E-state index in [0.717, 1.165) is 41.9 Å². The van der Waals surface area contributed by atoms with Crippen molar-refractivity contribution in [3.05, 3.63) is 12.2 Å². The number of fused-ring (bicyclic) bond motifs is 5. The first-order valence-electron chi connectivity index (χ1n) is 12.5. The number of hydrogen-bond acceptors (Lipinski definition) is 1. The molecule has 8 atom stereocenters. The molecule has 0 heterocycles. The first-order chi connectivity index (χ1) is 13.3. The molecule has 158 valence electrons. The number of ketones is 1. The molecule has 0 saturated heterocycles. The van der Waals surface area contributed by atoms with E-state index in [9.17, 15) is 4.79 Å². The Morgan fingerprint density at radius 3 is 2.54 bits per heavy atom. The van der Waals surface area contributed by atoms with Crippen molar-refractivity contribution in [2.24, 2.45) is 52.3 Å². The first kappa shape index (κ1) is 20.7. The van der Waals surface area contributed by atoms with E-state index in [1.54, 1.807) is 0 Å². The molecule has 3 fully saturated rings. The fraction of sp³-hybridized carbons (Fsp3) is 0.889. The predicted octanol–water partition coefficient (Wildman–Crippen LogP) is 7.45. The van der Waals surface area contributed by atoms with E-state index in [-0.39, 0.29) is 0 Å². The lowest BCUT2D eigenvalue weighted by molar-refractivity contribution is -0.122.